The molecule has 2 aromatic carbocycles. The lowest BCUT2D eigenvalue weighted by atomic mass is 10.0. The average molecular weight is 376 g/mol. The van der Waals surface area contributed by atoms with E-state index in [1.807, 2.05) is 24.3 Å². The van der Waals surface area contributed by atoms with Crippen LogP contribution in [0, 0.1) is 25.0 Å². The van der Waals surface area contributed by atoms with Gasteiger partial charge in [0, 0.05) is 15.7 Å². The number of hydrogen-bond acceptors (Lipinski definition) is 3. The first-order valence-electron chi connectivity index (χ1n) is 5.72. The van der Waals surface area contributed by atoms with Gasteiger partial charge in [0.25, 0.3) is 5.69 Å². The van der Waals surface area contributed by atoms with Gasteiger partial charge in [0.1, 0.15) is 0 Å². The summed E-state index contributed by atoms with van der Waals surface area (Å²) in [6.07, 6.45) is 1.72. The lowest BCUT2D eigenvalue weighted by Crippen LogP contribution is -1.89. The van der Waals surface area contributed by atoms with Gasteiger partial charge in [0.15, 0.2) is 0 Å². The van der Waals surface area contributed by atoms with Crippen LogP contribution in [0.5, 0.6) is 0 Å². The second kappa shape index (κ2) is 6.30. The molecule has 0 radical (unpaired) electrons. The first-order valence-corrected chi connectivity index (χ1v) is 6.80. The summed E-state index contributed by atoms with van der Waals surface area (Å²) in [5, 5.41) is 20.0. The van der Waals surface area contributed by atoms with Crippen LogP contribution in [-0.2, 0) is 0 Å². The maximum Gasteiger partial charge on any atom is 0.270 e. The zero-order valence-electron chi connectivity index (χ0n) is 10.3. The van der Waals surface area contributed by atoms with Crippen molar-refractivity contribution in [2.75, 3.05) is 0 Å². The van der Waals surface area contributed by atoms with E-state index in [1.54, 1.807) is 18.2 Å². The Balaban J connectivity index is 2.42. The van der Waals surface area contributed by atoms with Crippen LogP contribution in [0.4, 0.5) is 5.69 Å². The summed E-state index contributed by atoms with van der Waals surface area (Å²) >= 11 is 2.20. The third kappa shape index (κ3) is 3.42. The van der Waals surface area contributed by atoms with Gasteiger partial charge in [0.2, 0.25) is 0 Å². The minimum atomic E-state index is -0.469. The van der Waals surface area contributed by atoms with Crippen molar-refractivity contribution in [3.05, 3.63) is 73.3 Å². The van der Waals surface area contributed by atoms with E-state index in [0.717, 1.165) is 9.13 Å². The SMILES string of the molecule is N#CC(=Cc1ccc(I)cc1)c1cccc([N+](=O)[O-])c1. The largest absolute Gasteiger partial charge is 0.270 e. The molecule has 0 unspecified atom stereocenters. The molecule has 0 saturated heterocycles. The molecule has 0 spiro atoms. The predicted octanol–water partition coefficient (Wildman–Crippen LogP) is 4.26. The Labute approximate surface area is 129 Å². The minimum Gasteiger partial charge on any atom is -0.258 e. The van der Waals surface area contributed by atoms with Gasteiger partial charge in [-0.1, -0.05) is 24.3 Å². The van der Waals surface area contributed by atoms with Crippen molar-refractivity contribution in [1.82, 2.24) is 0 Å². The van der Waals surface area contributed by atoms with E-state index in [4.69, 9.17) is 0 Å². The van der Waals surface area contributed by atoms with Crippen LogP contribution in [0.3, 0.4) is 0 Å². The first-order chi connectivity index (χ1) is 9.60. The zero-order valence-corrected chi connectivity index (χ0v) is 12.4. The summed E-state index contributed by atoms with van der Waals surface area (Å²) in [5.41, 5.74) is 1.80. The number of non-ortho nitro benzene ring substituents is 1. The number of nitriles is 1. The van der Waals surface area contributed by atoms with Crippen molar-refractivity contribution in [3.8, 4) is 6.07 Å². The highest BCUT2D eigenvalue weighted by molar-refractivity contribution is 14.1. The van der Waals surface area contributed by atoms with Gasteiger partial charge in [-0.3, -0.25) is 10.1 Å². The monoisotopic (exact) mass is 376 g/mol. The van der Waals surface area contributed by atoms with Gasteiger partial charge in [-0.15, -0.1) is 0 Å². The summed E-state index contributed by atoms with van der Waals surface area (Å²) in [5.74, 6) is 0. The molecule has 0 aromatic heterocycles. The smallest absolute Gasteiger partial charge is 0.258 e. The number of allylic oxidation sites excluding steroid dienone is 1. The highest BCUT2D eigenvalue weighted by Crippen LogP contribution is 2.22. The maximum absolute atomic E-state index is 10.8. The molecule has 0 bridgehead atoms. The summed E-state index contributed by atoms with van der Waals surface area (Å²) in [4.78, 5) is 10.3. The second-order valence-electron chi connectivity index (χ2n) is 4.03. The molecular formula is C15H9IN2O2. The standard InChI is InChI=1S/C15H9IN2O2/c16-14-6-4-11(5-7-14)8-13(10-17)12-2-1-3-15(9-12)18(19)20/h1-9H. The quantitative estimate of drug-likeness (QED) is 0.264. The fourth-order valence-electron chi connectivity index (χ4n) is 1.69. The fraction of sp³-hybridized carbons (Fsp3) is 0. The van der Waals surface area contributed by atoms with Crippen LogP contribution in [0.1, 0.15) is 11.1 Å². The van der Waals surface area contributed by atoms with Gasteiger partial charge in [-0.2, -0.15) is 5.26 Å². The predicted molar refractivity (Wildman–Crippen MR) is 85.7 cm³/mol. The minimum absolute atomic E-state index is 0.0220. The Bertz CT molecular complexity index is 715. The number of rotatable bonds is 3. The fourth-order valence-corrected chi connectivity index (χ4v) is 2.05. The molecule has 0 amide bonds. The van der Waals surface area contributed by atoms with Gasteiger partial charge in [-0.25, -0.2) is 0 Å². The van der Waals surface area contributed by atoms with Crippen molar-refractivity contribution >= 4 is 39.9 Å². The highest BCUT2D eigenvalue weighted by atomic mass is 127. The molecule has 0 fully saturated rings. The molecule has 0 heterocycles. The molecule has 4 nitrogen and oxygen atoms in total. The summed E-state index contributed by atoms with van der Waals surface area (Å²) in [6.45, 7) is 0. The maximum atomic E-state index is 10.8. The van der Waals surface area contributed by atoms with Gasteiger partial charge in [-0.05, 0) is 51.9 Å². The Morgan fingerprint density at radius 1 is 1.25 bits per heavy atom. The Morgan fingerprint density at radius 2 is 1.95 bits per heavy atom. The van der Waals surface area contributed by atoms with Gasteiger partial charge < -0.3 is 0 Å². The molecule has 0 atom stereocenters. The van der Waals surface area contributed by atoms with Crippen molar-refractivity contribution < 1.29 is 4.92 Å². The molecule has 98 valence electrons. The van der Waals surface area contributed by atoms with Crippen LogP contribution >= 0.6 is 22.6 Å². The van der Waals surface area contributed by atoms with Crippen LogP contribution in [0.15, 0.2) is 48.5 Å². The highest BCUT2D eigenvalue weighted by Gasteiger charge is 2.08. The molecule has 20 heavy (non-hydrogen) atoms. The number of halogens is 1. The lowest BCUT2D eigenvalue weighted by molar-refractivity contribution is -0.384. The van der Waals surface area contributed by atoms with E-state index < -0.39 is 4.92 Å². The number of hydrogen-bond donors (Lipinski definition) is 0. The third-order valence-corrected chi connectivity index (χ3v) is 3.39. The van der Waals surface area contributed by atoms with E-state index in [2.05, 4.69) is 28.7 Å². The van der Waals surface area contributed by atoms with Crippen LogP contribution in [-0.4, -0.2) is 4.92 Å². The van der Waals surface area contributed by atoms with Crippen LogP contribution in [0.2, 0.25) is 0 Å². The third-order valence-electron chi connectivity index (χ3n) is 2.67. The summed E-state index contributed by atoms with van der Waals surface area (Å²) in [6, 6.07) is 15.8. The van der Waals surface area contributed by atoms with E-state index in [0.29, 0.717) is 11.1 Å². The Hall–Kier alpha value is -2.20. The number of nitrogens with zero attached hydrogens (tertiary/aromatic N) is 2. The summed E-state index contributed by atoms with van der Waals surface area (Å²) in [7, 11) is 0. The molecule has 2 aromatic rings. The van der Waals surface area contributed by atoms with Gasteiger partial charge >= 0.3 is 0 Å². The number of benzene rings is 2. The van der Waals surface area contributed by atoms with Crippen molar-refractivity contribution in [3.63, 3.8) is 0 Å². The van der Waals surface area contributed by atoms with Crippen LogP contribution < -0.4 is 0 Å². The molecule has 5 heteroatoms. The van der Waals surface area contributed by atoms with Crippen molar-refractivity contribution in [2.24, 2.45) is 0 Å². The molecule has 2 rings (SSSR count). The Morgan fingerprint density at radius 3 is 2.55 bits per heavy atom. The first kappa shape index (κ1) is 14.2. The molecule has 0 saturated carbocycles. The van der Waals surface area contributed by atoms with Crippen molar-refractivity contribution in [2.45, 2.75) is 0 Å². The lowest BCUT2D eigenvalue weighted by Gasteiger charge is -2.00. The molecule has 0 N–H and O–H groups in total. The number of nitro groups is 1. The topological polar surface area (TPSA) is 66.9 Å². The second-order valence-corrected chi connectivity index (χ2v) is 5.27. The van der Waals surface area contributed by atoms with E-state index in [-0.39, 0.29) is 5.69 Å². The molecule has 0 aliphatic carbocycles. The van der Waals surface area contributed by atoms with E-state index >= 15 is 0 Å². The van der Waals surface area contributed by atoms with E-state index in [1.165, 1.54) is 12.1 Å². The van der Waals surface area contributed by atoms with Gasteiger partial charge in [0.05, 0.1) is 16.6 Å². The zero-order chi connectivity index (χ0) is 14.5. The Kier molecular flexibility index (Phi) is 4.48. The molecular weight excluding hydrogens is 367 g/mol. The normalized spacial score (nSPS) is 10.9. The molecule has 0 aliphatic heterocycles. The number of nitro benzene ring substituents is 1. The van der Waals surface area contributed by atoms with Crippen LogP contribution in [0.25, 0.3) is 11.6 Å². The summed E-state index contributed by atoms with van der Waals surface area (Å²) < 4.78 is 1.11. The molecule has 0 aliphatic rings. The average Bonchev–Trinajstić information content (AvgIpc) is 2.46. The van der Waals surface area contributed by atoms with Crippen molar-refractivity contribution in [1.29, 1.82) is 5.26 Å². The van der Waals surface area contributed by atoms with E-state index in [9.17, 15) is 15.4 Å².